The second-order valence-electron chi connectivity index (χ2n) is 4.20. The average Bonchev–Trinajstić information content (AvgIpc) is 2.28. The first kappa shape index (κ1) is 12.6. The molecule has 1 aromatic carbocycles. The zero-order valence-corrected chi connectivity index (χ0v) is 10.8. The number of nitrogens with zero attached hydrogens (tertiary/aromatic N) is 1. The molecule has 0 spiro atoms. The molecule has 0 aliphatic rings. The fourth-order valence-electron chi connectivity index (χ4n) is 2.10. The second-order valence-corrected chi connectivity index (χ2v) is 4.61. The SMILES string of the molecule is Cc1c(Cl)ccc2c(=O)cc(CC(=O)O)n(C)c12. The van der Waals surface area contributed by atoms with E-state index in [1.807, 2.05) is 6.92 Å². The lowest BCUT2D eigenvalue weighted by molar-refractivity contribution is -0.136. The van der Waals surface area contributed by atoms with E-state index in [-0.39, 0.29) is 11.8 Å². The summed E-state index contributed by atoms with van der Waals surface area (Å²) in [6, 6.07) is 4.71. The Morgan fingerprint density at radius 1 is 1.44 bits per heavy atom. The highest BCUT2D eigenvalue weighted by atomic mass is 35.5. The summed E-state index contributed by atoms with van der Waals surface area (Å²) >= 11 is 6.04. The summed E-state index contributed by atoms with van der Waals surface area (Å²) < 4.78 is 1.71. The highest BCUT2D eigenvalue weighted by molar-refractivity contribution is 6.32. The lowest BCUT2D eigenvalue weighted by Gasteiger charge is -2.13. The first-order valence-corrected chi connectivity index (χ1v) is 5.79. The molecule has 1 N–H and O–H groups in total. The van der Waals surface area contributed by atoms with Gasteiger partial charge in [0.2, 0.25) is 0 Å². The lowest BCUT2D eigenvalue weighted by Crippen LogP contribution is -2.15. The Bertz CT molecular complexity index is 703. The molecule has 0 saturated carbocycles. The number of fused-ring (bicyclic) bond motifs is 1. The van der Waals surface area contributed by atoms with Gasteiger partial charge in [0.15, 0.2) is 5.43 Å². The molecule has 0 unspecified atom stereocenters. The molecule has 0 radical (unpaired) electrons. The van der Waals surface area contributed by atoms with Crippen molar-refractivity contribution >= 4 is 28.5 Å². The molecule has 0 saturated heterocycles. The number of hydrogen-bond donors (Lipinski definition) is 1. The van der Waals surface area contributed by atoms with Gasteiger partial charge in [-0.2, -0.15) is 0 Å². The molecule has 2 rings (SSSR count). The van der Waals surface area contributed by atoms with Crippen molar-refractivity contribution in [3.05, 3.63) is 44.7 Å². The van der Waals surface area contributed by atoms with Crippen LogP contribution in [0.25, 0.3) is 10.9 Å². The van der Waals surface area contributed by atoms with E-state index in [0.717, 1.165) is 5.56 Å². The van der Waals surface area contributed by atoms with Gasteiger partial charge in [0.25, 0.3) is 0 Å². The van der Waals surface area contributed by atoms with Gasteiger partial charge in [0.05, 0.1) is 11.9 Å². The number of carboxylic acids is 1. The van der Waals surface area contributed by atoms with Gasteiger partial charge in [-0.25, -0.2) is 0 Å². The maximum Gasteiger partial charge on any atom is 0.309 e. The Morgan fingerprint density at radius 2 is 2.11 bits per heavy atom. The van der Waals surface area contributed by atoms with E-state index in [1.54, 1.807) is 23.7 Å². The number of pyridine rings is 1. The summed E-state index contributed by atoms with van der Waals surface area (Å²) in [5, 5.41) is 9.95. The Morgan fingerprint density at radius 3 is 2.72 bits per heavy atom. The highest BCUT2D eigenvalue weighted by Gasteiger charge is 2.12. The van der Waals surface area contributed by atoms with Crippen molar-refractivity contribution in [1.82, 2.24) is 4.57 Å². The van der Waals surface area contributed by atoms with Gasteiger partial charge in [0, 0.05) is 29.2 Å². The maximum absolute atomic E-state index is 11.9. The van der Waals surface area contributed by atoms with Crippen LogP contribution in [0.1, 0.15) is 11.3 Å². The van der Waals surface area contributed by atoms with Crippen LogP contribution in [-0.4, -0.2) is 15.6 Å². The molecule has 1 heterocycles. The van der Waals surface area contributed by atoms with Gasteiger partial charge in [-0.05, 0) is 24.6 Å². The molecule has 0 amide bonds. The standard InChI is InChI=1S/C13H12ClNO3/c1-7-10(14)4-3-9-11(16)5-8(6-12(17)18)15(2)13(7)9/h3-5H,6H2,1-2H3,(H,17,18). The van der Waals surface area contributed by atoms with Gasteiger partial charge in [-0.3, -0.25) is 9.59 Å². The van der Waals surface area contributed by atoms with Crippen molar-refractivity contribution in [1.29, 1.82) is 0 Å². The van der Waals surface area contributed by atoms with Gasteiger partial charge in [-0.15, -0.1) is 0 Å². The van der Waals surface area contributed by atoms with E-state index in [1.165, 1.54) is 6.07 Å². The summed E-state index contributed by atoms with van der Waals surface area (Å²) in [6.45, 7) is 1.81. The van der Waals surface area contributed by atoms with Crippen LogP contribution in [0.15, 0.2) is 23.0 Å². The Hall–Kier alpha value is -1.81. The molecule has 4 nitrogen and oxygen atoms in total. The molecule has 1 aromatic heterocycles. The van der Waals surface area contributed by atoms with E-state index in [2.05, 4.69) is 0 Å². The Labute approximate surface area is 108 Å². The maximum atomic E-state index is 11.9. The van der Waals surface area contributed by atoms with E-state index in [9.17, 15) is 9.59 Å². The van der Waals surface area contributed by atoms with Crippen molar-refractivity contribution < 1.29 is 9.90 Å². The van der Waals surface area contributed by atoms with Crippen LogP contribution in [0.2, 0.25) is 5.02 Å². The number of aliphatic carboxylic acids is 1. The van der Waals surface area contributed by atoms with Crippen LogP contribution in [-0.2, 0) is 18.3 Å². The molecule has 94 valence electrons. The Kier molecular flexibility index (Phi) is 3.13. The third kappa shape index (κ3) is 1.99. The predicted molar refractivity (Wildman–Crippen MR) is 70.3 cm³/mol. The molecule has 5 heteroatoms. The minimum Gasteiger partial charge on any atom is -0.481 e. The number of rotatable bonds is 2. The first-order chi connectivity index (χ1) is 8.41. The summed E-state index contributed by atoms with van der Waals surface area (Å²) in [5.74, 6) is -0.968. The molecule has 0 fully saturated rings. The molecule has 0 aliphatic heterocycles. The number of hydrogen-bond acceptors (Lipinski definition) is 2. The quantitative estimate of drug-likeness (QED) is 0.905. The number of carbonyl (C=O) groups is 1. The fourth-order valence-corrected chi connectivity index (χ4v) is 2.25. The van der Waals surface area contributed by atoms with Crippen LogP contribution in [0, 0.1) is 6.92 Å². The molecule has 0 atom stereocenters. The van der Waals surface area contributed by atoms with Crippen LogP contribution in [0.4, 0.5) is 0 Å². The van der Waals surface area contributed by atoms with Gasteiger partial charge in [0.1, 0.15) is 0 Å². The number of aryl methyl sites for hydroxylation is 2. The minimum atomic E-state index is -0.968. The molecule has 18 heavy (non-hydrogen) atoms. The monoisotopic (exact) mass is 265 g/mol. The van der Waals surface area contributed by atoms with Crippen LogP contribution in [0.3, 0.4) is 0 Å². The van der Waals surface area contributed by atoms with E-state index in [4.69, 9.17) is 16.7 Å². The molecular formula is C13H12ClNO3. The third-order valence-corrected chi connectivity index (χ3v) is 3.44. The van der Waals surface area contributed by atoms with Gasteiger partial charge in [-0.1, -0.05) is 11.6 Å². The number of carboxylic acid groups (broad SMARTS) is 1. The molecular weight excluding hydrogens is 254 g/mol. The van der Waals surface area contributed by atoms with E-state index >= 15 is 0 Å². The molecule has 2 aromatic rings. The van der Waals surface area contributed by atoms with E-state index in [0.29, 0.717) is 21.6 Å². The number of aromatic nitrogens is 1. The lowest BCUT2D eigenvalue weighted by atomic mass is 10.1. The van der Waals surface area contributed by atoms with Crippen LogP contribution < -0.4 is 5.43 Å². The van der Waals surface area contributed by atoms with Crippen molar-refractivity contribution in [2.24, 2.45) is 7.05 Å². The normalized spacial score (nSPS) is 10.8. The Balaban J connectivity index is 2.88. The summed E-state index contributed by atoms with van der Waals surface area (Å²) in [6.07, 6.45) is -0.187. The predicted octanol–water partition coefficient (Wildman–Crippen LogP) is 2.13. The summed E-state index contributed by atoms with van der Waals surface area (Å²) in [5.41, 5.74) is 1.75. The number of benzene rings is 1. The van der Waals surface area contributed by atoms with Gasteiger partial charge < -0.3 is 9.67 Å². The smallest absolute Gasteiger partial charge is 0.309 e. The van der Waals surface area contributed by atoms with Crippen molar-refractivity contribution in [2.75, 3.05) is 0 Å². The average molecular weight is 266 g/mol. The topological polar surface area (TPSA) is 59.3 Å². The highest BCUT2D eigenvalue weighted by Crippen LogP contribution is 2.23. The number of halogens is 1. The van der Waals surface area contributed by atoms with Crippen molar-refractivity contribution in [3.63, 3.8) is 0 Å². The van der Waals surface area contributed by atoms with Crippen LogP contribution >= 0.6 is 11.6 Å². The molecule has 0 bridgehead atoms. The third-order valence-electron chi connectivity index (χ3n) is 3.03. The summed E-state index contributed by atoms with van der Waals surface area (Å²) in [7, 11) is 1.74. The zero-order valence-electron chi connectivity index (χ0n) is 10.0. The summed E-state index contributed by atoms with van der Waals surface area (Å²) in [4.78, 5) is 22.7. The minimum absolute atomic E-state index is 0.181. The van der Waals surface area contributed by atoms with Gasteiger partial charge >= 0.3 is 5.97 Å². The van der Waals surface area contributed by atoms with Crippen molar-refractivity contribution in [2.45, 2.75) is 13.3 Å². The van der Waals surface area contributed by atoms with Crippen LogP contribution in [0.5, 0.6) is 0 Å². The molecule has 0 aliphatic carbocycles. The first-order valence-electron chi connectivity index (χ1n) is 5.41. The van der Waals surface area contributed by atoms with Crippen molar-refractivity contribution in [3.8, 4) is 0 Å². The second kappa shape index (κ2) is 4.46. The zero-order chi connectivity index (χ0) is 13.4. The van der Waals surface area contributed by atoms with E-state index < -0.39 is 5.97 Å². The fraction of sp³-hybridized carbons (Fsp3) is 0.231. The largest absolute Gasteiger partial charge is 0.481 e.